The van der Waals surface area contributed by atoms with Crippen LogP contribution in [0.25, 0.3) is 0 Å². The van der Waals surface area contributed by atoms with Gasteiger partial charge in [0.25, 0.3) is 0 Å². The minimum absolute atomic E-state index is 0.0862. The first-order valence-corrected chi connectivity index (χ1v) is 7.26. The van der Waals surface area contributed by atoms with E-state index in [9.17, 15) is 4.79 Å². The Labute approximate surface area is 120 Å². The molecule has 0 aliphatic carbocycles. The normalized spacial score (nSPS) is 21.9. The Kier molecular flexibility index (Phi) is 4.78. The van der Waals surface area contributed by atoms with Gasteiger partial charge in [0.1, 0.15) is 5.75 Å². The highest BCUT2D eigenvalue weighted by Gasteiger charge is 2.27. The first kappa shape index (κ1) is 15.0. The molecule has 4 nitrogen and oxygen atoms in total. The molecule has 0 aromatic heterocycles. The van der Waals surface area contributed by atoms with Crippen LogP contribution in [0.5, 0.6) is 5.75 Å². The molecule has 1 saturated heterocycles. The summed E-state index contributed by atoms with van der Waals surface area (Å²) in [6.45, 7) is 9.16. The van der Waals surface area contributed by atoms with Crippen LogP contribution in [0.3, 0.4) is 0 Å². The Bertz CT molecular complexity index is 479. The maximum Gasteiger partial charge on any atom is 0.159 e. The second-order valence-corrected chi connectivity index (χ2v) is 5.65. The van der Waals surface area contributed by atoms with E-state index in [1.54, 1.807) is 6.92 Å². The monoisotopic (exact) mass is 276 g/mol. The average Bonchev–Trinajstić information content (AvgIpc) is 2.85. The number of carbonyl (C=O) groups excluding carboxylic acids is 1. The first-order chi connectivity index (χ1) is 9.54. The molecule has 0 saturated carbocycles. The fourth-order valence-corrected chi connectivity index (χ4v) is 2.51. The van der Waals surface area contributed by atoms with Crippen molar-refractivity contribution in [1.29, 1.82) is 0 Å². The van der Waals surface area contributed by atoms with Gasteiger partial charge in [0.05, 0.1) is 6.61 Å². The van der Waals surface area contributed by atoms with Crippen LogP contribution in [0.1, 0.15) is 43.1 Å². The number of benzene rings is 1. The van der Waals surface area contributed by atoms with Gasteiger partial charge in [-0.1, -0.05) is 0 Å². The van der Waals surface area contributed by atoms with Crippen LogP contribution in [0, 0.1) is 0 Å². The highest BCUT2D eigenvalue weighted by Crippen LogP contribution is 2.22. The summed E-state index contributed by atoms with van der Waals surface area (Å²) in [6.07, 6.45) is 1.11. The second-order valence-electron chi connectivity index (χ2n) is 5.65. The third-order valence-corrected chi connectivity index (χ3v) is 3.84. The van der Waals surface area contributed by atoms with Crippen molar-refractivity contribution in [3.05, 3.63) is 29.3 Å². The van der Waals surface area contributed by atoms with Crippen molar-refractivity contribution in [2.75, 3.05) is 19.7 Å². The smallest absolute Gasteiger partial charge is 0.159 e. The third kappa shape index (κ3) is 3.58. The van der Waals surface area contributed by atoms with Gasteiger partial charge in [0, 0.05) is 29.8 Å². The summed E-state index contributed by atoms with van der Waals surface area (Å²) >= 11 is 0. The Hall–Kier alpha value is -1.39. The van der Waals surface area contributed by atoms with Crippen molar-refractivity contribution in [3.63, 3.8) is 0 Å². The van der Waals surface area contributed by atoms with Crippen molar-refractivity contribution in [3.8, 4) is 5.75 Å². The van der Waals surface area contributed by atoms with Crippen LogP contribution in [-0.4, -0.2) is 31.0 Å². The van der Waals surface area contributed by atoms with Crippen molar-refractivity contribution >= 4 is 5.78 Å². The molecular weight excluding hydrogens is 252 g/mol. The van der Waals surface area contributed by atoms with Crippen LogP contribution in [0.4, 0.5) is 0 Å². The number of rotatable bonds is 6. The topological polar surface area (TPSA) is 50.4 Å². The largest absolute Gasteiger partial charge is 0.494 e. The summed E-state index contributed by atoms with van der Waals surface area (Å²) in [7, 11) is 0. The number of Topliss-reactive ketones (excluding diaryl/α,β-unsaturated/α-hetero) is 1. The van der Waals surface area contributed by atoms with Gasteiger partial charge in [-0.05, 0) is 51.9 Å². The standard InChI is InChI=1S/C16H24N2O2/c1-4-20-15-6-5-13(12(2)19)9-14(15)10-18-16(3)7-8-17-11-16/h5-6,9,17-18H,4,7-8,10-11H2,1-3H3. The summed E-state index contributed by atoms with van der Waals surface area (Å²) in [6, 6.07) is 5.66. The maximum atomic E-state index is 11.5. The highest BCUT2D eigenvalue weighted by atomic mass is 16.5. The van der Waals surface area contributed by atoms with Gasteiger partial charge in [0.2, 0.25) is 0 Å². The highest BCUT2D eigenvalue weighted by molar-refractivity contribution is 5.94. The molecule has 1 aromatic rings. The number of hydrogen-bond acceptors (Lipinski definition) is 4. The van der Waals surface area contributed by atoms with Gasteiger partial charge < -0.3 is 15.4 Å². The summed E-state index contributed by atoms with van der Waals surface area (Å²) in [5.74, 6) is 0.947. The summed E-state index contributed by atoms with van der Waals surface area (Å²) in [5, 5.41) is 6.96. The van der Waals surface area contributed by atoms with Crippen LogP contribution >= 0.6 is 0 Å². The minimum atomic E-state index is 0.0862. The quantitative estimate of drug-likeness (QED) is 0.782. The van der Waals surface area contributed by atoms with E-state index in [-0.39, 0.29) is 11.3 Å². The summed E-state index contributed by atoms with van der Waals surface area (Å²) in [5.41, 5.74) is 1.91. The number of hydrogen-bond donors (Lipinski definition) is 2. The minimum Gasteiger partial charge on any atom is -0.494 e. The van der Waals surface area contributed by atoms with Gasteiger partial charge in [0.15, 0.2) is 5.78 Å². The Morgan fingerprint density at radius 2 is 2.30 bits per heavy atom. The zero-order valence-corrected chi connectivity index (χ0v) is 12.6. The van der Waals surface area contributed by atoms with Gasteiger partial charge in [-0.25, -0.2) is 0 Å². The fraction of sp³-hybridized carbons (Fsp3) is 0.562. The zero-order chi connectivity index (χ0) is 14.6. The molecule has 1 atom stereocenters. The van der Waals surface area contributed by atoms with E-state index < -0.39 is 0 Å². The van der Waals surface area contributed by atoms with E-state index >= 15 is 0 Å². The van der Waals surface area contributed by atoms with E-state index in [2.05, 4.69) is 17.6 Å². The number of ether oxygens (including phenoxy) is 1. The fourth-order valence-electron chi connectivity index (χ4n) is 2.51. The molecule has 2 rings (SSSR count). The second kappa shape index (κ2) is 6.37. The zero-order valence-electron chi connectivity index (χ0n) is 12.6. The lowest BCUT2D eigenvalue weighted by atomic mass is 10.0. The van der Waals surface area contributed by atoms with Crippen LogP contribution in [0.2, 0.25) is 0 Å². The molecule has 1 heterocycles. The molecule has 1 fully saturated rings. The predicted octanol–water partition coefficient (Wildman–Crippen LogP) is 2.13. The molecule has 1 aliphatic heterocycles. The molecule has 4 heteroatoms. The van der Waals surface area contributed by atoms with Crippen molar-refractivity contribution in [1.82, 2.24) is 10.6 Å². The first-order valence-electron chi connectivity index (χ1n) is 7.26. The lowest BCUT2D eigenvalue weighted by molar-refractivity contribution is 0.101. The average molecular weight is 276 g/mol. The molecule has 2 N–H and O–H groups in total. The number of carbonyl (C=O) groups is 1. The lowest BCUT2D eigenvalue weighted by Crippen LogP contribution is -2.43. The molecule has 0 bridgehead atoms. The van der Waals surface area contributed by atoms with Crippen molar-refractivity contribution < 1.29 is 9.53 Å². The van der Waals surface area contributed by atoms with E-state index in [0.29, 0.717) is 13.2 Å². The Morgan fingerprint density at radius 1 is 1.50 bits per heavy atom. The molecule has 1 aliphatic rings. The van der Waals surface area contributed by atoms with E-state index in [4.69, 9.17) is 4.74 Å². The molecular formula is C16H24N2O2. The summed E-state index contributed by atoms with van der Waals surface area (Å²) < 4.78 is 5.65. The van der Waals surface area contributed by atoms with Gasteiger partial charge in [-0.2, -0.15) is 0 Å². The Balaban J connectivity index is 2.14. The number of nitrogens with one attached hydrogen (secondary N) is 2. The third-order valence-electron chi connectivity index (χ3n) is 3.84. The lowest BCUT2D eigenvalue weighted by Gasteiger charge is -2.25. The summed E-state index contributed by atoms with van der Waals surface area (Å²) in [4.78, 5) is 11.5. The molecule has 1 aromatic carbocycles. The Morgan fingerprint density at radius 3 is 2.90 bits per heavy atom. The van der Waals surface area contributed by atoms with E-state index in [1.165, 1.54) is 0 Å². The molecule has 0 radical (unpaired) electrons. The van der Waals surface area contributed by atoms with E-state index in [0.717, 1.165) is 36.4 Å². The SMILES string of the molecule is CCOc1ccc(C(C)=O)cc1CNC1(C)CCNC1. The van der Waals surface area contributed by atoms with E-state index in [1.807, 2.05) is 25.1 Å². The molecule has 110 valence electrons. The maximum absolute atomic E-state index is 11.5. The molecule has 0 spiro atoms. The van der Waals surface area contributed by atoms with Gasteiger partial charge in [-0.3, -0.25) is 4.79 Å². The van der Waals surface area contributed by atoms with Crippen molar-refractivity contribution in [2.24, 2.45) is 0 Å². The molecule has 1 unspecified atom stereocenters. The predicted molar refractivity (Wildman–Crippen MR) is 80.3 cm³/mol. The van der Waals surface area contributed by atoms with Gasteiger partial charge in [-0.15, -0.1) is 0 Å². The van der Waals surface area contributed by atoms with Gasteiger partial charge >= 0.3 is 0 Å². The van der Waals surface area contributed by atoms with Crippen LogP contribution in [0.15, 0.2) is 18.2 Å². The van der Waals surface area contributed by atoms with Crippen molar-refractivity contribution in [2.45, 2.75) is 39.3 Å². The number of ketones is 1. The van der Waals surface area contributed by atoms with Crippen LogP contribution < -0.4 is 15.4 Å². The van der Waals surface area contributed by atoms with Crippen LogP contribution in [-0.2, 0) is 6.54 Å². The molecule has 20 heavy (non-hydrogen) atoms. The molecule has 0 amide bonds.